The van der Waals surface area contributed by atoms with Gasteiger partial charge in [0.05, 0.1) is 5.69 Å². The second kappa shape index (κ2) is 6.06. The van der Waals surface area contributed by atoms with Crippen molar-refractivity contribution in [2.75, 3.05) is 0 Å². The van der Waals surface area contributed by atoms with Crippen molar-refractivity contribution in [2.24, 2.45) is 7.05 Å². The number of tetrazole rings is 1. The first-order chi connectivity index (χ1) is 10.7. The van der Waals surface area contributed by atoms with Gasteiger partial charge in [-0.25, -0.2) is 14.8 Å². The van der Waals surface area contributed by atoms with Crippen LogP contribution in [0, 0.1) is 0 Å². The Kier molecular flexibility index (Phi) is 3.96. The molecule has 0 N–H and O–H groups in total. The molecule has 22 heavy (non-hydrogen) atoms. The summed E-state index contributed by atoms with van der Waals surface area (Å²) in [5.41, 5.74) is 1.03. The molecule has 1 aromatic carbocycles. The molecule has 0 spiro atoms. The van der Waals surface area contributed by atoms with E-state index in [0.29, 0.717) is 11.6 Å². The van der Waals surface area contributed by atoms with Crippen molar-refractivity contribution in [1.82, 2.24) is 29.8 Å². The molecule has 0 aliphatic carbocycles. The van der Waals surface area contributed by atoms with Gasteiger partial charge in [0.1, 0.15) is 12.9 Å². The first kappa shape index (κ1) is 14.4. The highest BCUT2D eigenvalue weighted by molar-refractivity contribution is 9.10. The highest BCUT2D eigenvalue weighted by Crippen LogP contribution is 2.24. The van der Waals surface area contributed by atoms with Crippen LogP contribution in [0.2, 0.25) is 0 Å². The number of halogens is 1. The standard InChI is InChI=1S/C13H11BrN6O2/c1-19-13(21)20(18-17-19)11-4-2-3-10(14)9(11)7-22-12-5-6-15-8-16-12/h2-6,8H,7H2,1H3. The number of hydrogen-bond acceptors (Lipinski definition) is 6. The van der Waals surface area contributed by atoms with Gasteiger partial charge in [-0.1, -0.05) is 22.0 Å². The third kappa shape index (κ3) is 2.75. The molecule has 3 rings (SSSR count). The molecular weight excluding hydrogens is 352 g/mol. The predicted octanol–water partition coefficient (Wildman–Crippen LogP) is 1.10. The lowest BCUT2D eigenvalue weighted by Crippen LogP contribution is -2.23. The number of nitrogens with zero attached hydrogens (tertiary/aromatic N) is 6. The predicted molar refractivity (Wildman–Crippen MR) is 80.7 cm³/mol. The van der Waals surface area contributed by atoms with Crippen LogP contribution in [-0.2, 0) is 13.7 Å². The maximum atomic E-state index is 12.0. The van der Waals surface area contributed by atoms with Crippen molar-refractivity contribution in [1.29, 1.82) is 0 Å². The van der Waals surface area contributed by atoms with Gasteiger partial charge in [0, 0.05) is 29.3 Å². The van der Waals surface area contributed by atoms with Crippen LogP contribution < -0.4 is 10.4 Å². The third-order valence-electron chi connectivity index (χ3n) is 2.96. The topological polar surface area (TPSA) is 87.7 Å². The fourth-order valence-electron chi connectivity index (χ4n) is 1.86. The first-order valence-electron chi connectivity index (χ1n) is 6.32. The van der Waals surface area contributed by atoms with Crippen LogP contribution >= 0.6 is 15.9 Å². The zero-order valence-electron chi connectivity index (χ0n) is 11.5. The molecule has 9 heteroatoms. The average molecular weight is 363 g/mol. The van der Waals surface area contributed by atoms with Gasteiger partial charge in [-0.15, -0.1) is 0 Å². The number of benzene rings is 1. The first-order valence-corrected chi connectivity index (χ1v) is 7.11. The van der Waals surface area contributed by atoms with Crippen LogP contribution in [0.1, 0.15) is 5.56 Å². The lowest BCUT2D eigenvalue weighted by Gasteiger charge is -2.11. The summed E-state index contributed by atoms with van der Waals surface area (Å²) in [6.07, 6.45) is 3.00. The van der Waals surface area contributed by atoms with Crippen LogP contribution in [0.15, 0.2) is 46.1 Å². The monoisotopic (exact) mass is 362 g/mol. The maximum Gasteiger partial charge on any atom is 0.368 e. The average Bonchev–Trinajstić information content (AvgIpc) is 2.86. The van der Waals surface area contributed by atoms with E-state index in [0.717, 1.165) is 14.7 Å². The molecule has 2 aromatic heterocycles. The zero-order valence-corrected chi connectivity index (χ0v) is 13.1. The second-order valence-electron chi connectivity index (χ2n) is 4.37. The summed E-state index contributed by atoms with van der Waals surface area (Å²) in [6, 6.07) is 7.11. The van der Waals surface area contributed by atoms with Gasteiger partial charge in [-0.05, 0) is 22.6 Å². The molecule has 0 bridgehead atoms. The quantitative estimate of drug-likeness (QED) is 0.690. The van der Waals surface area contributed by atoms with Crippen molar-refractivity contribution in [3.8, 4) is 11.6 Å². The van der Waals surface area contributed by atoms with E-state index in [9.17, 15) is 4.79 Å². The van der Waals surface area contributed by atoms with Gasteiger partial charge in [0.25, 0.3) is 0 Å². The molecule has 0 radical (unpaired) electrons. The van der Waals surface area contributed by atoms with Gasteiger partial charge < -0.3 is 4.74 Å². The molecule has 0 aliphatic rings. The Labute approximate surface area is 133 Å². The minimum Gasteiger partial charge on any atom is -0.473 e. The summed E-state index contributed by atoms with van der Waals surface area (Å²) in [4.78, 5) is 19.9. The molecule has 0 atom stereocenters. The normalized spacial score (nSPS) is 10.6. The summed E-state index contributed by atoms with van der Waals surface area (Å²) >= 11 is 3.47. The fourth-order valence-corrected chi connectivity index (χ4v) is 2.33. The summed E-state index contributed by atoms with van der Waals surface area (Å²) in [5, 5.41) is 7.58. The van der Waals surface area contributed by atoms with E-state index in [-0.39, 0.29) is 12.3 Å². The van der Waals surface area contributed by atoms with E-state index in [4.69, 9.17) is 4.74 Å². The summed E-state index contributed by atoms with van der Waals surface area (Å²) < 4.78 is 8.82. The molecule has 112 valence electrons. The zero-order chi connectivity index (χ0) is 15.5. The van der Waals surface area contributed by atoms with Gasteiger partial charge in [-0.3, -0.25) is 0 Å². The van der Waals surface area contributed by atoms with E-state index in [2.05, 4.69) is 36.3 Å². The fraction of sp³-hybridized carbons (Fsp3) is 0.154. The van der Waals surface area contributed by atoms with Crippen LogP contribution in [0.25, 0.3) is 5.69 Å². The maximum absolute atomic E-state index is 12.0. The lowest BCUT2D eigenvalue weighted by molar-refractivity contribution is 0.292. The number of hydrogen-bond donors (Lipinski definition) is 0. The molecule has 0 saturated carbocycles. The van der Waals surface area contributed by atoms with E-state index < -0.39 is 0 Å². The van der Waals surface area contributed by atoms with E-state index in [1.165, 1.54) is 11.0 Å². The largest absolute Gasteiger partial charge is 0.473 e. The minimum atomic E-state index is -0.332. The third-order valence-corrected chi connectivity index (χ3v) is 3.71. The van der Waals surface area contributed by atoms with E-state index in [1.54, 1.807) is 25.4 Å². The van der Waals surface area contributed by atoms with Crippen LogP contribution in [0.3, 0.4) is 0 Å². The molecule has 0 saturated heterocycles. The number of ether oxygens (including phenoxy) is 1. The summed E-state index contributed by atoms with van der Waals surface area (Å²) in [5.74, 6) is 0.447. The molecule has 8 nitrogen and oxygen atoms in total. The molecular formula is C13H11BrN6O2. The van der Waals surface area contributed by atoms with Crippen molar-refractivity contribution < 1.29 is 4.74 Å². The Morgan fingerprint density at radius 1 is 1.27 bits per heavy atom. The Bertz CT molecular complexity index is 845. The smallest absolute Gasteiger partial charge is 0.368 e. The van der Waals surface area contributed by atoms with Crippen LogP contribution in [0.4, 0.5) is 0 Å². The molecule has 3 aromatic rings. The summed E-state index contributed by atoms with van der Waals surface area (Å²) in [7, 11) is 1.54. The summed E-state index contributed by atoms with van der Waals surface area (Å²) in [6.45, 7) is 0.219. The van der Waals surface area contributed by atoms with Crippen LogP contribution in [-0.4, -0.2) is 29.8 Å². The lowest BCUT2D eigenvalue weighted by atomic mass is 10.2. The number of aromatic nitrogens is 6. The SMILES string of the molecule is Cn1nnn(-c2cccc(Br)c2COc2ccncn2)c1=O. The van der Waals surface area contributed by atoms with Gasteiger partial charge >= 0.3 is 5.69 Å². The second-order valence-corrected chi connectivity index (χ2v) is 5.23. The van der Waals surface area contributed by atoms with Crippen molar-refractivity contribution in [3.63, 3.8) is 0 Å². The van der Waals surface area contributed by atoms with Crippen LogP contribution in [0.5, 0.6) is 5.88 Å². The Morgan fingerprint density at radius 3 is 2.82 bits per heavy atom. The van der Waals surface area contributed by atoms with Crippen molar-refractivity contribution in [3.05, 3.63) is 57.3 Å². The van der Waals surface area contributed by atoms with Gasteiger partial charge in [0.15, 0.2) is 0 Å². The molecule has 0 amide bonds. The van der Waals surface area contributed by atoms with Gasteiger partial charge in [-0.2, -0.15) is 9.36 Å². The highest BCUT2D eigenvalue weighted by atomic mass is 79.9. The molecule has 0 fully saturated rings. The Balaban J connectivity index is 1.97. The van der Waals surface area contributed by atoms with E-state index in [1.807, 2.05) is 12.1 Å². The number of aryl methyl sites for hydroxylation is 1. The van der Waals surface area contributed by atoms with Gasteiger partial charge in [0.2, 0.25) is 5.88 Å². The van der Waals surface area contributed by atoms with Crippen molar-refractivity contribution >= 4 is 15.9 Å². The number of rotatable bonds is 4. The molecule has 2 heterocycles. The minimum absolute atomic E-state index is 0.219. The Morgan fingerprint density at radius 2 is 2.14 bits per heavy atom. The molecule has 0 unspecified atom stereocenters. The van der Waals surface area contributed by atoms with E-state index >= 15 is 0 Å². The highest BCUT2D eigenvalue weighted by Gasteiger charge is 2.14. The molecule has 0 aliphatic heterocycles. The Hall–Kier alpha value is -2.55. The van der Waals surface area contributed by atoms with Crippen molar-refractivity contribution in [2.45, 2.75) is 6.61 Å².